The lowest BCUT2D eigenvalue weighted by Gasteiger charge is -1.92. The van der Waals surface area contributed by atoms with E-state index in [1.807, 2.05) is 0 Å². The van der Waals surface area contributed by atoms with E-state index in [2.05, 4.69) is 8.37 Å². The van der Waals surface area contributed by atoms with Crippen molar-refractivity contribution < 1.29 is 8.37 Å². The lowest BCUT2D eigenvalue weighted by Crippen LogP contribution is -1.53. The summed E-state index contributed by atoms with van der Waals surface area (Å²) in [4.78, 5) is 0. The molecule has 12 heavy (non-hydrogen) atoms. The first-order chi connectivity index (χ1) is 5.91. The molecule has 0 N–H and O–H groups in total. The predicted molar refractivity (Wildman–Crippen MR) is 58.9 cm³/mol. The number of rotatable bonds is 7. The molecular weight excluding hydrogens is 276 g/mol. The Hall–Kier alpha value is 0.680. The SMILES string of the molecule is N#COSSSSSSOC#N. The first-order valence-electron chi connectivity index (χ1n) is 2.02. The summed E-state index contributed by atoms with van der Waals surface area (Å²) in [6.45, 7) is 0. The Bertz CT molecular complexity index is 155. The average molecular weight is 276 g/mol. The quantitative estimate of drug-likeness (QED) is 0.297. The Kier molecular flexibility index (Phi) is 12.3. The molecule has 0 radical (unpaired) electrons. The molecule has 0 atom stereocenters. The summed E-state index contributed by atoms with van der Waals surface area (Å²) in [6, 6.07) is 0. The Labute approximate surface area is 92.3 Å². The average Bonchev–Trinajstić information content (AvgIpc) is 2.10. The second-order valence-electron chi connectivity index (χ2n) is 0.757. The summed E-state index contributed by atoms with van der Waals surface area (Å²) in [5.41, 5.74) is 0. The highest BCUT2D eigenvalue weighted by molar-refractivity contribution is 9.41. The van der Waals surface area contributed by atoms with Crippen LogP contribution in [0.2, 0.25) is 0 Å². The van der Waals surface area contributed by atoms with Crippen molar-refractivity contribution in [3.63, 3.8) is 0 Å². The van der Waals surface area contributed by atoms with Crippen LogP contribution in [0.4, 0.5) is 0 Å². The van der Waals surface area contributed by atoms with E-state index in [0.29, 0.717) is 0 Å². The third-order valence-electron chi connectivity index (χ3n) is 0.281. The van der Waals surface area contributed by atoms with Crippen LogP contribution >= 0.6 is 61.5 Å². The van der Waals surface area contributed by atoms with Gasteiger partial charge in [0.25, 0.3) is 0 Å². The Morgan fingerprint density at radius 2 is 1.17 bits per heavy atom. The number of hydrogen-bond acceptors (Lipinski definition) is 10. The summed E-state index contributed by atoms with van der Waals surface area (Å²) in [5, 5.41) is 15.9. The highest BCUT2D eigenvalue weighted by atomic mass is 33.9. The van der Waals surface area contributed by atoms with Crippen molar-refractivity contribution in [2.24, 2.45) is 0 Å². The molecule has 0 aromatic rings. The van der Waals surface area contributed by atoms with Gasteiger partial charge in [0.05, 0.1) is 0 Å². The van der Waals surface area contributed by atoms with Crippen molar-refractivity contribution in [1.82, 2.24) is 0 Å². The molecule has 0 aromatic heterocycles. The van der Waals surface area contributed by atoms with Crippen molar-refractivity contribution in [1.29, 1.82) is 10.5 Å². The van der Waals surface area contributed by atoms with Gasteiger partial charge in [0.15, 0.2) is 22.1 Å². The standard InChI is InChI=1S/C2N2O2S6/c3-1-5-7-9-11-12-10-8-6-2-4. The predicted octanol–water partition coefficient (Wildman–Crippen LogP) is 3.79. The van der Waals surface area contributed by atoms with Gasteiger partial charge >= 0.3 is 12.5 Å². The molecule has 0 aliphatic carbocycles. The van der Waals surface area contributed by atoms with Crippen LogP contribution in [0.15, 0.2) is 0 Å². The zero-order valence-electron chi connectivity index (χ0n) is 5.16. The van der Waals surface area contributed by atoms with E-state index in [1.165, 1.54) is 51.8 Å². The number of nitrogens with zero attached hydrogens (tertiary/aromatic N) is 2. The van der Waals surface area contributed by atoms with Crippen LogP contribution in [0, 0.1) is 23.0 Å². The number of nitriles is 2. The molecule has 4 nitrogen and oxygen atoms in total. The fourth-order valence-corrected chi connectivity index (χ4v) is 8.37. The lowest BCUT2D eigenvalue weighted by molar-refractivity contribution is 0.604. The van der Waals surface area contributed by atoms with Crippen LogP contribution in [-0.2, 0) is 8.37 Å². The summed E-state index contributed by atoms with van der Waals surface area (Å²) in [6.07, 6.45) is 3.04. The van der Waals surface area contributed by atoms with Gasteiger partial charge in [-0.25, -0.2) is 0 Å². The van der Waals surface area contributed by atoms with Crippen LogP contribution in [0.5, 0.6) is 0 Å². The molecule has 0 rings (SSSR count). The summed E-state index contributed by atoms with van der Waals surface area (Å²) in [7, 11) is 5.46. The zero-order chi connectivity index (χ0) is 9.07. The molecule has 0 aliphatic heterocycles. The minimum Gasteiger partial charge on any atom is -0.340 e. The zero-order valence-corrected chi connectivity index (χ0v) is 10.1. The summed E-state index contributed by atoms with van der Waals surface area (Å²) >= 11 is 1.97. The van der Waals surface area contributed by atoms with Crippen molar-refractivity contribution in [2.75, 3.05) is 0 Å². The van der Waals surface area contributed by atoms with Gasteiger partial charge in [-0.2, -0.15) is 0 Å². The molecule has 0 saturated heterocycles. The van der Waals surface area contributed by atoms with Crippen LogP contribution in [0.1, 0.15) is 0 Å². The minimum absolute atomic E-state index is 0.986. The van der Waals surface area contributed by atoms with Gasteiger partial charge in [-0.3, -0.25) is 0 Å². The Balaban J connectivity index is 2.84. The van der Waals surface area contributed by atoms with Crippen molar-refractivity contribution in [3.05, 3.63) is 0 Å². The van der Waals surface area contributed by atoms with Crippen LogP contribution < -0.4 is 0 Å². The maximum Gasteiger partial charge on any atom is 0.300 e. The molecule has 0 aromatic carbocycles. The van der Waals surface area contributed by atoms with Gasteiger partial charge in [0.2, 0.25) is 0 Å². The van der Waals surface area contributed by atoms with Crippen LogP contribution in [-0.4, -0.2) is 0 Å². The van der Waals surface area contributed by atoms with Crippen molar-refractivity contribution in [3.8, 4) is 12.5 Å². The molecule has 0 aliphatic rings. The molecule has 0 amide bonds. The van der Waals surface area contributed by atoms with Crippen molar-refractivity contribution in [2.45, 2.75) is 0 Å². The maximum absolute atomic E-state index is 7.95. The Morgan fingerprint density at radius 3 is 1.50 bits per heavy atom. The highest BCUT2D eigenvalue weighted by Crippen LogP contribution is 2.52. The second-order valence-corrected chi connectivity index (χ2v) is 9.26. The fraction of sp³-hybridized carbons (Fsp3) is 0. The Morgan fingerprint density at radius 1 is 0.750 bits per heavy atom. The summed E-state index contributed by atoms with van der Waals surface area (Å²) in [5.74, 6) is 0. The highest BCUT2D eigenvalue weighted by Gasteiger charge is 1.95. The second kappa shape index (κ2) is 11.7. The van der Waals surface area contributed by atoms with E-state index in [4.69, 9.17) is 10.5 Å². The molecular formula is C2N2O2S6. The van der Waals surface area contributed by atoms with E-state index in [0.717, 1.165) is 22.1 Å². The van der Waals surface area contributed by atoms with E-state index >= 15 is 0 Å². The van der Waals surface area contributed by atoms with E-state index in [1.54, 1.807) is 0 Å². The van der Waals surface area contributed by atoms with E-state index < -0.39 is 0 Å². The fourth-order valence-electron chi connectivity index (χ4n) is 0.104. The smallest absolute Gasteiger partial charge is 0.300 e. The third kappa shape index (κ3) is 10.7. The summed E-state index contributed by atoms with van der Waals surface area (Å²) < 4.78 is 8.63. The molecule has 0 heterocycles. The maximum atomic E-state index is 7.95. The first kappa shape index (κ1) is 12.7. The first-order valence-corrected chi connectivity index (χ1v) is 9.36. The number of hydrogen-bond donors (Lipinski definition) is 0. The normalized spacial score (nSPS) is 8.17. The molecule has 0 bridgehead atoms. The third-order valence-corrected chi connectivity index (χ3v) is 9.09. The van der Waals surface area contributed by atoms with Gasteiger partial charge < -0.3 is 8.37 Å². The van der Waals surface area contributed by atoms with Gasteiger partial charge in [0, 0.05) is 39.3 Å². The lowest BCUT2D eigenvalue weighted by atomic mass is 11.6. The molecule has 10 heteroatoms. The van der Waals surface area contributed by atoms with Crippen LogP contribution in [0.3, 0.4) is 0 Å². The van der Waals surface area contributed by atoms with Gasteiger partial charge in [-0.05, 0) is 0 Å². The molecule has 0 fully saturated rings. The topological polar surface area (TPSA) is 66.0 Å². The van der Waals surface area contributed by atoms with E-state index in [9.17, 15) is 0 Å². The monoisotopic (exact) mass is 276 g/mol. The van der Waals surface area contributed by atoms with Gasteiger partial charge in [-0.15, -0.1) is 10.5 Å². The van der Waals surface area contributed by atoms with E-state index in [-0.39, 0.29) is 0 Å². The largest absolute Gasteiger partial charge is 0.340 e. The van der Waals surface area contributed by atoms with Gasteiger partial charge in [0.1, 0.15) is 0 Å². The molecule has 0 saturated carbocycles. The molecule has 0 spiro atoms. The van der Waals surface area contributed by atoms with Gasteiger partial charge in [-0.1, -0.05) is 0 Å². The minimum atomic E-state index is 0.986. The van der Waals surface area contributed by atoms with Crippen LogP contribution in [0.25, 0.3) is 0 Å². The molecule has 66 valence electrons. The molecule has 0 unspecified atom stereocenters. The van der Waals surface area contributed by atoms with Crippen molar-refractivity contribution >= 4 is 61.5 Å².